The van der Waals surface area contributed by atoms with Gasteiger partial charge in [0.2, 0.25) is 0 Å². The van der Waals surface area contributed by atoms with Gasteiger partial charge < -0.3 is 20.9 Å². The first-order valence-electron chi connectivity index (χ1n) is 10.1. The molecule has 0 saturated heterocycles. The molecule has 2 rings (SSSR count). The molecular formula is C23H32IN5O2. The van der Waals surface area contributed by atoms with Crippen molar-refractivity contribution in [2.24, 2.45) is 4.99 Å². The molecule has 0 bridgehead atoms. The summed E-state index contributed by atoms with van der Waals surface area (Å²) in [5, 5.41) is 9.31. The van der Waals surface area contributed by atoms with Crippen LogP contribution in [0.15, 0.2) is 53.5 Å². The van der Waals surface area contributed by atoms with Crippen molar-refractivity contribution < 1.29 is 9.59 Å². The monoisotopic (exact) mass is 537 g/mol. The number of amides is 2. The second-order valence-electron chi connectivity index (χ2n) is 7.14. The Morgan fingerprint density at radius 2 is 1.61 bits per heavy atom. The number of benzene rings is 2. The fourth-order valence-electron chi connectivity index (χ4n) is 2.77. The van der Waals surface area contributed by atoms with Gasteiger partial charge >= 0.3 is 0 Å². The molecule has 31 heavy (non-hydrogen) atoms. The predicted octanol–water partition coefficient (Wildman–Crippen LogP) is 2.80. The van der Waals surface area contributed by atoms with Crippen molar-refractivity contribution in [1.82, 2.24) is 20.9 Å². The number of aliphatic imine (C=N–C) groups is 1. The van der Waals surface area contributed by atoms with E-state index in [0.717, 1.165) is 17.7 Å². The Bertz CT molecular complexity index is 882. The maximum absolute atomic E-state index is 12.2. The zero-order valence-electron chi connectivity index (χ0n) is 18.6. The molecule has 0 aliphatic carbocycles. The molecule has 0 radical (unpaired) electrons. The SMILES string of the molecule is CCNC(=NCc1ccc(C(=O)N(C)C)cc1)NCCNC(=O)c1cccc(C)c1.I. The highest BCUT2D eigenvalue weighted by Gasteiger charge is 2.07. The number of nitrogens with one attached hydrogen (secondary N) is 3. The van der Waals surface area contributed by atoms with Gasteiger partial charge in [-0.25, -0.2) is 4.99 Å². The summed E-state index contributed by atoms with van der Waals surface area (Å²) in [4.78, 5) is 30.3. The van der Waals surface area contributed by atoms with Crippen LogP contribution in [-0.2, 0) is 6.54 Å². The lowest BCUT2D eigenvalue weighted by Crippen LogP contribution is -2.41. The van der Waals surface area contributed by atoms with Crippen LogP contribution in [0.25, 0.3) is 0 Å². The van der Waals surface area contributed by atoms with Crippen molar-refractivity contribution in [3.63, 3.8) is 0 Å². The summed E-state index contributed by atoms with van der Waals surface area (Å²) in [7, 11) is 3.47. The third kappa shape index (κ3) is 8.95. The quantitative estimate of drug-likeness (QED) is 0.209. The third-order valence-corrected chi connectivity index (χ3v) is 4.35. The Balaban J connectivity index is 0.00000480. The molecule has 0 heterocycles. The van der Waals surface area contributed by atoms with Crippen molar-refractivity contribution in [1.29, 1.82) is 0 Å². The molecule has 2 amide bonds. The van der Waals surface area contributed by atoms with Crippen LogP contribution >= 0.6 is 24.0 Å². The summed E-state index contributed by atoms with van der Waals surface area (Å²) < 4.78 is 0. The highest BCUT2D eigenvalue weighted by molar-refractivity contribution is 14.0. The topological polar surface area (TPSA) is 85.8 Å². The van der Waals surface area contributed by atoms with E-state index in [0.29, 0.717) is 36.7 Å². The van der Waals surface area contributed by atoms with Gasteiger partial charge in [0.1, 0.15) is 0 Å². The van der Waals surface area contributed by atoms with Crippen molar-refractivity contribution in [2.45, 2.75) is 20.4 Å². The molecule has 0 aliphatic heterocycles. The molecule has 8 heteroatoms. The van der Waals surface area contributed by atoms with E-state index >= 15 is 0 Å². The molecular weight excluding hydrogens is 505 g/mol. The summed E-state index contributed by atoms with van der Waals surface area (Å²) in [5.74, 6) is 0.568. The molecule has 0 saturated carbocycles. The van der Waals surface area contributed by atoms with Crippen LogP contribution in [-0.4, -0.2) is 56.4 Å². The molecule has 0 spiro atoms. The molecule has 0 aliphatic rings. The minimum atomic E-state index is -0.0881. The first-order chi connectivity index (χ1) is 14.4. The summed E-state index contributed by atoms with van der Waals surface area (Å²) in [5.41, 5.74) is 3.38. The second kappa shape index (κ2) is 13.6. The van der Waals surface area contributed by atoms with Crippen LogP contribution in [0.4, 0.5) is 0 Å². The lowest BCUT2D eigenvalue weighted by atomic mass is 10.1. The average molecular weight is 537 g/mol. The number of halogens is 1. The fourth-order valence-corrected chi connectivity index (χ4v) is 2.77. The third-order valence-electron chi connectivity index (χ3n) is 4.35. The summed E-state index contributed by atoms with van der Waals surface area (Å²) >= 11 is 0. The molecule has 2 aromatic carbocycles. The normalized spacial score (nSPS) is 10.6. The molecule has 0 aromatic heterocycles. The lowest BCUT2D eigenvalue weighted by Gasteiger charge is -2.12. The number of nitrogens with zero attached hydrogens (tertiary/aromatic N) is 2. The van der Waals surface area contributed by atoms with Gasteiger partial charge in [0.25, 0.3) is 11.8 Å². The van der Waals surface area contributed by atoms with Gasteiger partial charge in [-0.2, -0.15) is 0 Å². The van der Waals surface area contributed by atoms with E-state index in [1.54, 1.807) is 25.1 Å². The molecule has 7 nitrogen and oxygen atoms in total. The van der Waals surface area contributed by atoms with Crippen LogP contribution in [0.5, 0.6) is 0 Å². The minimum absolute atomic E-state index is 0. The van der Waals surface area contributed by atoms with Crippen molar-refractivity contribution in [3.8, 4) is 0 Å². The van der Waals surface area contributed by atoms with Gasteiger partial charge in [-0.1, -0.05) is 29.8 Å². The van der Waals surface area contributed by atoms with E-state index in [1.165, 1.54) is 0 Å². The van der Waals surface area contributed by atoms with Crippen molar-refractivity contribution in [3.05, 3.63) is 70.8 Å². The summed E-state index contributed by atoms with van der Waals surface area (Å²) in [6.07, 6.45) is 0. The summed E-state index contributed by atoms with van der Waals surface area (Å²) in [6, 6.07) is 15.0. The fraction of sp³-hybridized carbons (Fsp3) is 0.348. The predicted molar refractivity (Wildman–Crippen MR) is 136 cm³/mol. The first-order valence-corrected chi connectivity index (χ1v) is 10.1. The molecule has 0 unspecified atom stereocenters. The van der Waals surface area contributed by atoms with Crippen LogP contribution in [0.1, 0.15) is 38.8 Å². The Kier molecular flexibility index (Phi) is 11.6. The number of rotatable bonds is 8. The average Bonchev–Trinajstić information content (AvgIpc) is 2.74. The highest BCUT2D eigenvalue weighted by Crippen LogP contribution is 2.07. The van der Waals surface area contributed by atoms with Crippen LogP contribution < -0.4 is 16.0 Å². The summed E-state index contributed by atoms with van der Waals surface area (Å²) in [6.45, 7) is 6.22. The Hall–Kier alpha value is -2.62. The van der Waals surface area contributed by atoms with Gasteiger partial charge in [-0.3, -0.25) is 9.59 Å². The molecule has 168 valence electrons. The maximum Gasteiger partial charge on any atom is 0.253 e. The molecule has 0 fully saturated rings. The number of hydrogen-bond donors (Lipinski definition) is 3. The molecule has 2 aromatic rings. The smallest absolute Gasteiger partial charge is 0.253 e. The van der Waals surface area contributed by atoms with E-state index in [1.807, 2.05) is 56.3 Å². The number of carbonyl (C=O) groups excluding carboxylic acids is 2. The van der Waals surface area contributed by atoms with Gasteiger partial charge in [0.05, 0.1) is 6.54 Å². The number of aryl methyl sites for hydroxylation is 1. The second-order valence-corrected chi connectivity index (χ2v) is 7.14. The van der Waals surface area contributed by atoms with E-state index in [2.05, 4.69) is 20.9 Å². The Morgan fingerprint density at radius 1 is 0.935 bits per heavy atom. The van der Waals surface area contributed by atoms with Gasteiger partial charge in [-0.15, -0.1) is 24.0 Å². The largest absolute Gasteiger partial charge is 0.357 e. The Labute approximate surface area is 201 Å². The van der Waals surface area contributed by atoms with Crippen LogP contribution in [0, 0.1) is 6.92 Å². The van der Waals surface area contributed by atoms with Gasteiger partial charge in [-0.05, 0) is 43.7 Å². The van der Waals surface area contributed by atoms with Gasteiger partial charge in [0.15, 0.2) is 5.96 Å². The molecule has 3 N–H and O–H groups in total. The van der Waals surface area contributed by atoms with Crippen molar-refractivity contribution >= 4 is 41.8 Å². The van der Waals surface area contributed by atoms with E-state index in [4.69, 9.17) is 0 Å². The first kappa shape index (κ1) is 26.4. The van der Waals surface area contributed by atoms with E-state index in [-0.39, 0.29) is 35.8 Å². The maximum atomic E-state index is 12.2. The van der Waals surface area contributed by atoms with Gasteiger partial charge in [0, 0.05) is 44.9 Å². The highest BCUT2D eigenvalue weighted by atomic mass is 127. The van der Waals surface area contributed by atoms with Crippen LogP contribution in [0.3, 0.4) is 0 Å². The van der Waals surface area contributed by atoms with Crippen molar-refractivity contribution in [2.75, 3.05) is 33.7 Å². The number of guanidine groups is 1. The molecule has 0 atom stereocenters. The zero-order valence-corrected chi connectivity index (χ0v) is 20.9. The Morgan fingerprint density at radius 3 is 2.23 bits per heavy atom. The minimum Gasteiger partial charge on any atom is -0.357 e. The lowest BCUT2D eigenvalue weighted by molar-refractivity contribution is 0.0827. The zero-order chi connectivity index (χ0) is 21.9. The number of carbonyl (C=O) groups is 2. The van der Waals surface area contributed by atoms with E-state index < -0.39 is 0 Å². The van der Waals surface area contributed by atoms with Crippen LogP contribution in [0.2, 0.25) is 0 Å². The van der Waals surface area contributed by atoms with E-state index in [9.17, 15) is 9.59 Å². The standard InChI is InChI=1S/C23H31N5O2.HI/c1-5-24-23(26-14-13-25-21(29)20-8-6-7-17(2)15-20)27-16-18-9-11-19(12-10-18)22(30)28(3)4;/h6-12,15H,5,13-14,16H2,1-4H3,(H,25,29)(H2,24,26,27);1H. The number of hydrogen-bond acceptors (Lipinski definition) is 3.